The van der Waals surface area contributed by atoms with Crippen molar-refractivity contribution in [2.45, 2.75) is 163 Å². The molecule has 9 unspecified atom stereocenters. The molecule has 0 radical (unpaired) electrons. The summed E-state index contributed by atoms with van der Waals surface area (Å²) in [6.07, 6.45) is 5.84. The number of urea groups is 1. The summed E-state index contributed by atoms with van der Waals surface area (Å²) in [6.45, 7) is 3.42. The Hall–Kier alpha value is -4.10. The normalized spacial score (nSPS) is 43.3. The Kier molecular flexibility index (Phi) is 24.1. The first-order valence-electron chi connectivity index (χ1n) is 22.1. The van der Waals surface area contributed by atoms with Gasteiger partial charge in [-0.3, -0.25) is 4.79 Å². The second-order valence-electron chi connectivity index (χ2n) is 16.9. The van der Waals surface area contributed by atoms with Crippen LogP contribution < -0.4 is 22.1 Å². The third kappa shape index (κ3) is 19.6. The molecule has 20 heteroatoms. The van der Waals surface area contributed by atoms with Crippen molar-refractivity contribution >= 4 is 12.0 Å². The van der Waals surface area contributed by atoms with Crippen LogP contribution in [-0.4, -0.2) is 168 Å². The number of hydrogen-bond donors (Lipinski definition) is 14. The fraction of sp³-hybridized carbons (Fsp3) is 0.609. The Labute approximate surface area is 385 Å². The molecular formula is C46H72N4O16. The van der Waals surface area contributed by atoms with Gasteiger partial charge in [-0.25, -0.2) is 4.79 Å². The summed E-state index contributed by atoms with van der Waals surface area (Å²) in [4.78, 5) is 25.0. The molecule has 3 rings (SSSR count). The van der Waals surface area contributed by atoms with Gasteiger partial charge in [-0.05, 0) is 25.8 Å². The number of hydrogen-bond acceptors (Lipinski definition) is 18. The molecule has 2 saturated heterocycles. The molecule has 0 aromatic heterocycles. The molecular weight excluding hydrogens is 865 g/mol. The number of rotatable bonds is 3. The van der Waals surface area contributed by atoms with E-state index in [9.17, 15) is 60.7 Å². The molecule has 0 saturated carbocycles. The Morgan fingerprint density at radius 1 is 0.758 bits per heavy atom. The topological polar surface area (TPSA) is 349 Å². The van der Waals surface area contributed by atoms with Gasteiger partial charge in [0.25, 0.3) is 0 Å². The van der Waals surface area contributed by atoms with Crippen LogP contribution in [0.15, 0.2) is 96.9 Å². The molecule has 0 aromatic carbocycles. The van der Waals surface area contributed by atoms with Gasteiger partial charge in [0.1, 0.15) is 36.7 Å². The highest BCUT2D eigenvalue weighted by Gasteiger charge is 2.49. The van der Waals surface area contributed by atoms with Crippen molar-refractivity contribution in [2.75, 3.05) is 7.05 Å². The van der Waals surface area contributed by atoms with Gasteiger partial charge >= 0.3 is 12.0 Å². The fourth-order valence-electron chi connectivity index (χ4n) is 7.45. The zero-order valence-corrected chi connectivity index (χ0v) is 37.6. The number of fused-ring (bicyclic) bond motifs is 2. The Morgan fingerprint density at radius 3 is 1.95 bits per heavy atom. The number of cyclic esters (lactones) is 1. The molecule has 372 valence electrons. The van der Waals surface area contributed by atoms with E-state index in [4.69, 9.17) is 30.4 Å². The van der Waals surface area contributed by atoms with Crippen molar-refractivity contribution in [3.8, 4) is 0 Å². The SMILES string of the molecule is CNC(=O)NC1[C@@H]2C[C@@H](OC3OC(N)C(O)C(N)C3O)/C=C/C=C/C=C/C=C/C=C/C=C/C=C/[C@H](C)C(O)C[C@H](C)OC(=O)C/C(O)=C/C(O)CC[C@@H](O)[C@H](O)CC(O)C[C@](O)(C[C@@H]1O)O2. The van der Waals surface area contributed by atoms with E-state index in [1.165, 1.54) is 7.05 Å². The van der Waals surface area contributed by atoms with E-state index >= 15 is 0 Å². The highest BCUT2D eigenvalue weighted by atomic mass is 16.7. The number of nitrogens with two attached hydrogens (primary N) is 2. The predicted molar refractivity (Wildman–Crippen MR) is 241 cm³/mol. The number of amides is 2. The molecule has 0 spiro atoms. The molecule has 20 nitrogen and oxygen atoms in total. The lowest BCUT2D eigenvalue weighted by Gasteiger charge is -2.46. The molecule has 3 heterocycles. The molecule has 2 fully saturated rings. The number of carbonyl (C=O) groups is 2. The Bertz CT molecular complexity index is 1740. The van der Waals surface area contributed by atoms with Gasteiger partial charge in [0.15, 0.2) is 12.1 Å². The molecule has 3 aliphatic rings. The van der Waals surface area contributed by atoms with Crippen LogP contribution in [0.2, 0.25) is 0 Å². The average molecular weight is 937 g/mol. The molecule has 2 bridgehead atoms. The van der Waals surface area contributed by atoms with Crippen LogP contribution in [0, 0.1) is 5.92 Å². The van der Waals surface area contributed by atoms with Crippen LogP contribution in [0.5, 0.6) is 0 Å². The van der Waals surface area contributed by atoms with Gasteiger partial charge in [0, 0.05) is 45.1 Å². The van der Waals surface area contributed by atoms with Crippen LogP contribution in [0.25, 0.3) is 0 Å². The summed E-state index contributed by atoms with van der Waals surface area (Å²) >= 11 is 0. The molecule has 17 atom stereocenters. The monoisotopic (exact) mass is 936 g/mol. The molecule has 0 aliphatic carbocycles. The molecule has 16 N–H and O–H groups in total. The minimum Gasteiger partial charge on any atom is -0.512 e. The van der Waals surface area contributed by atoms with E-state index in [1.54, 1.807) is 79.8 Å². The molecule has 0 aromatic rings. The number of aliphatic hydroxyl groups is 10. The lowest BCUT2D eigenvalue weighted by Crippen LogP contribution is -2.65. The van der Waals surface area contributed by atoms with Gasteiger partial charge in [0.05, 0.1) is 60.9 Å². The number of aliphatic hydroxyl groups excluding tert-OH is 9. The minimum atomic E-state index is -2.26. The van der Waals surface area contributed by atoms with Crippen LogP contribution in [0.4, 0.5) is 4.79 Å². The molecule has 3 aliphatic heterocycles. The standard InChI is InChI=1S/C46H72N4O16/c1-27-16-14-12-10-8-6-4-5-7-9-11-13-15-17-32(64-44-42(60)39(47)41(59)43(48)65-44)24-37-40(50-45(61)49-3)36(57)26-46(62,66-37)25-31(53)22-35(56)33(54)19-18-29(51)21-30(52)23-38(58)63-28(2)20-34(27)55/h4-17,21,27-29,31-37,39-44,51-57,59-60,62H,18-20,22-26,47-48H2,1-3H3,(H2,49,50,61)/b5-4+,8-6+,9-7+,12-10+,13-11+,16-14+,17-15+,30-21-/t27-,28-,29?,31?,32-,33+,34?,35+,36-,37-,39?,40?,41?,42?,43?,44?,46+/m0/s1. The van der Waals surface area contributed by atoms with Gasteiger partial charge in [-0.15, -0.1) is 0 Å². The number of carbonyl (C=O) groups excluding carboxylic acids is 2. The lowest BCUT2D eigenvalue weighted by molar-refractivity contribution is -0.303. The van der Waals surface area contributed by atoms with Crippen LogP contribution >= 0.6 is 0 Å². The Balaban J connectivity index is 1.90. The van der Waals surface area contributed by atoms with E-state index in [-0.39, 0.29) is 31.6 Å². The van der Waals surface area contributed by atoms with Gasteiger partial charge in [-0.2, -0.15) is 0 Å². The minimum absolute atomic E-state index is 0.131. The predicted octanol–water partition coefficient (Wildman–Crippen LogP) is -0.350. The van der Waals surface area contributed by atoms with Crippen molar-refractivity contribution < 1.29 is 79.6 Å². The van der Waals surface area contributed by atoms with E-state index < -0.39 is 141 Å². The van der Waals surface area contributed by atoms with Gasteiger partial charge < -0.3 is 92.1 Å². The lowest BCUT2D eigenvalue weighted by atomic mass is 9.87. The summed E-state index contributed by atoms with van der Waals surface area (Å²) in [7, 11) is 1.35. The van der Waals surface area contributed by atoms with Crippen LogP contribution in [0.1, 0.15) is 65.2 Å². The maximum atomic E-state index is 12.5. The zero-order chi connectivity index (χ0) is 49.0. The van der Waals surface area contributed by atoms with E-state index in [1.807, 2.05) is 19.1 Å². The third-order valence-electron chi connectivity index (χ3n) is 11.2. The van der Waals surface area contributed by atoms with Crippen LogP contribution in [0.3, 0.4) is 0 Å². The number of esters is 1. The number of allylic oxidation sites excluding steroid dienone is 12. The van der Waals surface area contributed by atoms with Crippen molar-refractivity contribution in [3.63, 3.8) is 0 Å². The first-order chi connectivity index (χ1) is 31.2. The van der Waals surface area contributed by atoms with Crippen molar-refractivity contribution in [1.29, 1.82) is 0 Å². The molecule has 66 heavy (non-hydrogen) atoms. The quantitative estimate of drug-likeness (QED) is 0.161. The van der Waals surface area contributed by atoms with Crippen molar-refractivity contribution in [1.82, 2.24) is 10.6 Å². The number of ether oxygens (including phenoxy) is 4. The first kappa shape index (κ1) is 56.2. The van der Waals surface area contributed by atoms with E-state index in [0.29, 0.717) is 0 Å². The first-order valence-corrected chi connectivity index (χ1v) is 22.1. The zero-order valence-electron chi connectivity index (χ0n) is 37.6. The highest BCUT2D eigenvalue weighted by Crippen LogP contribution is 2.35. The Morgan fingerprint density at radius 2 is 1.35 bits per heavy atom. The highest BCUT2D eigenvalue weighted by molar-refractivity contribution is 5.74. The second-order valence-corrected chi connectivity index (χ2v) is 16.9. The van der Waals surface area contributed by atoms with E-state index in [2.05, 4.69) is 10.6 Å². The maximum Gasteiger partial charge on any atom is 0.314 e. The summed E-state index contributed by atoms with van der Waals surface area (Å²) < 4.78 is 23.1. The smallest absolute Gasteiger partial charge is 0.314 e. The summed E-state index contributed by atoms with van der Waals surface area (Å²) in [5.74, 6) is -3.82. The third-order valence-corrected chi connectivity index (χ3v) is 11.2. The second kappa shape index (κ2) is 28.3. The summed E-state index contributed by atoms with van der Waals surface area (Å²) in [6, 6.07) is -3.10. The molecule has 2 amide bonds. The van der Waals surface area contributed by atoms with Gasteiger partial charge in [-0.1, -0.05) is 92.0 Å². The summed E-state index contributed by atoms with van der Waals surface area (Å²) in [5, 5.41) is 113. The fourth-order valence-corrected chi connectivity index (χ4v) is 7.45. The largest absolute Gasteiger partial charge is 0.512 e. The van der Waals surface area contributed by atoms with Crippen molar-refractivity contribution in [2.24, 2.45) is 17.4 Å². The van der Waals surface area contributed by atoms with Gasteiger partial charge in [0.2, 0.25) is 0 Å². The maximum absolute atomic E-state index is 12.5. The summed E-state index contributed by atoms with van der Waals surface area (Å²) in [5.41, 5.74) is 11.9. The van der Waals surface area contributed by atoms with Crippen LogP contribution in [-0.2, 0) is 23.7 Å². The average Bonchev–Trinajstić information content (AvgIpc) is 3.23. The van der Waals surface area contributed by atoms with E-state index in [0.717, 1.165) is 6.08 Å². The van der Waals surface area contributed by atoms with Crippen molar-refractivity contribution in [3.05, 3.63) is 96.9 Å². The number of nitrogens with one attached hydrogen (secondary N) is 2.